The maximum absolute atomic E-state index is 6.41. The van der Waals surface area contributed by atoms with Crippen LogP contribution in [0.15, 0.2) is 12.2 Å². The molecule has 2 heteroatoms. The first-order chi connectivity index (χ1) is 12.3. The summed E-state index contributed by atoms with van der Waals surface area (Å²) in [5.41, 5.74) is 0.318. The van der Waals surface area contributed by atoms with Gasteiger partial charge in [-0.25, -0.2) is 0 Å². The fraction of sp³-hybridized carbons (Fsp3) is 0.920. The maximum Gasteiger partial charge on any atom is 0.191 e. The molecule has 1 nitrogen and oxygen atoms in total. The van der Waals surface area contributed by atoms with E-state index in [0.29, 0.717) is 10.5 Å². The molecular weight excluding hydrogens is 344 g/mol. The van der Waals surface area contributed by atoms with E-state index in [9.17, 15) is 0 Å². The Morgan fingerprint density at radius 3 is 2.26 bits per heavy atom. The van der Waals surface area contributed by atoms with Gasteiger partial charge in [0, 0.05) is 6.61 Å². The summed E-state index contributed by atoms with van der Waals surface area (Å²) in [6, 6.07) is 0. The summed E-state index contributed by atoms with van der Waals surface area (Å²) < 4.78 is 6.41. The van der Waals surface area contributed by atoms with Crippen LogP contribution in [0.5, 0.6) is 0 Å². The average molecular weight is 395 g/mol. The summed E-state index contributed by atoms with van der Waals surface area (Å²) in [5, 5.41) is 0.310. The van der Waals surface area contributed by atoms with Crippen molar-refractivity contribution in [2.75, 3.05) is 6.61 Å². The first kappa shape index (κ1) is 25.0. The first-order valence-electron chi connectivity index (χ1n) is 11.6. The predicted octanol–water partition coefficient (Wildman–Crippen LogP) is 8.47. The van der Waals surface area contributed by atoms with Crippen LogP contribution in [0.1, 0.15) is 93.9 Å². The van der Waals surface area contributed by atoms with Crippen molar-refractivity contribution in [2.45, 2.75) is 112 Å². The van der Waals surface area contributed by atoms with Gasteiger partial charge in [-0.15, -0.1) is 0 Å². The fourth-order valence-corrected chi connectivity index (χ4v) is 5.34. The minimum Gasteiger partial charge on any atom is -0.417 e. The Balaban J connectivity index is 2.62. The third-order valence-corrected chi connectivity index (χ3v) is 12.3. The molecule has 0 aromatic carbocycles. The van der Waals surface area contributed by atoms with Gasteiger partial charge < -0.3 is 4.43 Å². The van der Waals surface area contributed by atoms with E-state index in [-0.39, 0.29) is 0 Å². The second kappa shape index (κ2) is 10.1. The minimum absolute atomic E-state index is 0.310. The van der Waals surface area contributed by atoms with Crippen molar-refractivity contribution >= 4 is 8.32 Å². The highest BCUT2D eigenvalue weighted by molar-refractivity contribution is 6.74. The van der Waals surface area contributed by atoms with Crippen LogP contribution >= 0.6 is 0 Å². The molecule has 0 unspecified atom stereocenters. The normalized spacial score (nSPS) is 27.3. The van der Waals surface area contributed by atoms with Crippen LogP contribution in [0.2, 0.25) is 18.1 Å². The van der Waals surface area contributed by atoms with Crippen molar-refractivity contribution < 1.29 is 4.43 Å². The molecule has 0 N–H and O–H groups in total. The van der Waals surface area contributed by atoms with Crippen molar-refractivity contribution in [3.8, 4) is 0 Å². The molecule has 0 amide bonds. The quantitative estimate of drug-likeness (QED) is 0.216. The third-order valence-electron chi connectivity index (χ3n) is 7.79. The van der Waals surface area contributed by atoms with Crippen LogP contribution in [-0.2, 0) is 4.43 Å². The summed E-state index contributed by atoms with van der Waals surface area (Å²) in [7, 11) is -1.60. The van der Waals surface area contributed by atoms with Gasteiger partial charge in [0.1, 0.15) is 0 Å². The van der Waals surface area contributed by atoms with Crippen LogP contribution < -0.4 is 0 Å². The van der Waals surface area contributed by atoms with Gasteiger partial charge in [0.2, 0.25) is 0 Å². The monoisotopic (exact) mass is 394 g/mol. The van der Waals surface area contributed by atoms with Crippen molar-refractivity contribution in [3.63, 3.8) is 0 Å². The second-order valence-electron chi connectivity index (χ2n) is 11.6. The number of allylic oxidation sites excluding steroid dienone is 2. The molecule has 0 spiro atoms. The van der Waals surface area contributed by atoms with Crippen LogP contribution in [0, 0.1) is 29.1 Å². The number of rotatable bonds is 9. The molecular formula is C25H50OSi. The van der Waals surface area contributed by atoms with E-state index in [0.717, 1.165) is 30.3 Å². The predicted molar refractivity (Wildman–Crippen MR) is 125 cm³/mol. The zero-order chi connectivity index (χ0) is 20.9. The highest BCUT2D eigenvalue weighted by Crippen LogP contribution is 2.40. The van der Waals surface area contributed by atoms with Crippen molar-refractivity contribution in [1.82, 2.24) is 0 Å². The van der Waals surface area contributed by atoms with Gasteiger partial charge in [0.05, 0.1) is 0 Å². The van der Waals surface area contributed by atoms with E-state index in [1.807, 2.05) is 0 Å². The molecule has 1 fully saturated rings. The Morgan fingerprint density at radius 2 is 1.74 bits per heavy atom. The zero-order valence-electron chi connectivity index (χ0n) is 20.3. The third kappa shape index (κ3) is 7.69. The van der Waals surface area contributed by atoms with Gasteiger partial charge in [-0.05, 0) is 79.3 Å². The van der Waals surface area contributed by atoms with Gasteiger partial charge in [-0.2, -0.15) is 0 Å². The molecule has 1 rings (SSSR count). The summed E-state index contributed by atoms with van der Waals surface area (Å²) in [4.78, 5) is 0. The summed E-state index contributed by atoms with van der Waals surface area (Å²) in [6.45, 7) is 24.7. The maximum atomic E-state index is 6.41. The largest absolute Gasteiger partial charge is 0.417 e. The SMILES string of the molecule is CC[C@](C)(C=C[C@@H]1C[C@H](C)CC[C@@H]1C(C)C)CCCO[Si](C)(C)C(C)(C)C. The van der Waals surface area contributed by atoms with Gasteiger partial charge in [-0.3, -0.25) is 0 Å². The van der Waals surface area contributed by atoms with Crippen LogP contribution in [0.4, 0.5) is 0 Å². The Kier molecular flexibility index (Phi) is 9.33. The molecule has 0 bridgehead atoms. The van der Waals surface area contributed by atoms with Gasteiger partial charge in [-0.1, -0.05) is 74.0 Å². The molecule has 1 aliphatic rings. The Hall–Kier alpha value is -0.0831. The lowest BCUT2D eigenvalue weighted by Gasteiger charge is -2.37. The molecule has 0 heterocycles. The Bertz CT molecular complexity index is 459. The summed E-state index contributed by atoms with van der Waals surface area (Å²) >= 11 is 0. The van der Waals surface area contributed by atoms with Gasteiger partial charge >= 0.3 is 0 Å². The Morgan fingerprint density at radius 1 is 1.11 bits per heavy atom. The molecule has 0 radical (unpaired) electrons. The molecule has 1 saturated carbocycles. The highest BCUT2D eigenvalue weighted by Gasteiger charge is 2.37. The van der Waals surface area contributed by atoms with E-state index in [1.54, 1.807) is 0 Å². The van der Waals surface area contributed by atoms with E-state index in [4.69, 9.17) is 4.43 Å². The summed E-state index contributed by atoms with van der Waals surface area (Å²) in [6.07, 6.45) is 13.0. The number of hydrogen-bond donors (Lipinski definition) is 0. The van der Waals surface area contributed by atoms with Crippen molar-refractivity contribution in [1.29, 1.82) is 0 Å². The Labute approximate surface area is 172 Å². The van der Waals surface area contributed by atoms with E-state index < -0.39 is 8.32 Å². The molecule has 0 aromatic heterocycles. The van der Waals surface area contributed by atoms with Crippen LogP contribution in [0.3, 0.4) is 0 Å². The molecule has 27 heavy (non-hydrogen) atoms. The lowest BCUT2D eigenvalue weighted by molar-refractivity contribution is 0.177. The molecule has 0 saturated heterocycles. The molecule has 0 aromatic rings. The lowest BCUT2D eigenvalue weighted by atomic mass is 9.69. The molecule has 1 aliphatic carbocycles. The topological polar surface area (TPSA) is 9.23 Å². The molecule has 160 valence electrons. The smallest absolute Gasteiger partial charge is 0.191 e. The standard InChI is InChI=1S/C25H50OSi/c1-11-25(8,16-12-18-26-27(9,10)24(5,6)7)17-15-22-19-21(4)13-14-23(22)20(2)3/h15,17,20-23H,11-14,16,18-19H2,1-10H3/t21-,22-,23-,25+/m1/s1. The highest BCUT2D eigenvalue weighted by atomic mass is 28.4. The van der Waals surface area contributed by atoms with Crippen molar-refractivity contribution in [2.24, 2.45) is 29.1 Å². The van der Waals surface area contributed by atoms with Crippen LogP contribution in [0.25, 0.3) is 0 Å². The lowest BCUT2D eigenvalue weighted by Crippen LogP contribution is -2.41. The average Bonchev–Trinajstić information content (AvgIpc) is 2.56. The summed E-state index contributed by atoms with van der Waals surface area (Å²) in [5.74, 6) is 3.35. The molecule has 0 aliphatic heterocycles. The van der Waals surface area contributed by atoms with Crippen molar-refractivity contribution in [3.05, 3.63) is 12.2 Å². The molecule has 4 atom stereocenters. The zero-order valence-corrected chi connectivity index (χ0v) is 21.3. The van der Waals surface area contributed by atoms with Crippen LogP contribution in [-0.4, -0.2) is 14.9 Å². The van der Waals surface area contributed by atoms with Gasteiger partial charge in [0.25, 0.3) is 0 Å². The van der Waals surface area contributed by atoms with E-state index in [1.165, 1.54) is 38.5 Å². The first-order valence-corrected chi connectivity index (χ1v) is 14.6. The fourth-order valence-electron chi connectivity index (χ4n) is 4.25. The van der Waals surface area contributed by atoms with E-state index in [2.05, 4.69) is 80.6 Å². The number of hydrogen-bond acceptors (Lipinski definition) is 1. The second-order valence-corrected chi connectivity index (χ2v) is 16.4. The van der Waals surface area contributed by atoms with E-state index >= 15 is 0 Å². The van der Waals surface area contributed by atoms with Gasteiger partial charge in [0.15, 0.2) is 8.32 Å². The minimum atomic E-state index is -1.60.